The maximum Gasteiger partial charge on any atom is 0.290 e. The van der Waals surface area contributed by atoms with Crippen molar-refractivity contribution in [2.24, 2.45) is 11.8 Å². The fraction of sp³-hybridized carbons (Fsp3) is 0.714. The van der Waals surface area contributed by atoms with Crippen molar-refractivity contribution >= 4 is 18.2 Å². The predicted octanol–water partition coefficient (Wildman–Crippen LogP) is 0.441. The van der Waals surface area contributed by atoms with Crippen LogP contribution in [0.3, 0.4) is 0 Å². The molecule has 0 radical (unpaired) electrons. The van der Waals surface area contributed by atoms with Gasteiger partial charge in [-0.1, -0.05) is 0 Å². The van der Waals surface area contributed by atoms with E-state index in [1.54, 1.807) is 17.3 Å². The van der Waals surface area contributed by atoms with E-state index < -0.39 is 0 Å². The van der Waals surface area contributed by atoms with Gasteiger partial charge in [-0.05, 0) is 38.8 Å². The number of ether oxygens (including phenoxy) is 2. The standard InChI is InChI=1S/C20H31N5O3.CH2O2/c1-23(2)17-8-14-12-25(13-15(14)9-18(17)27-3)19-11-21-10-16(22-19)20(26)24-4-6-28-7-5-24;2-1-3/h10-11,14-15,17-18H,4-9,12-13H2,1-3H3;1H,(H,2,3)/t14-,15+,17-,18-;/m1./s1. The van der Waals surface area contributed by atoms with Gasteiger partial charge in [-0.15, -0.1) is 0 Å². The molecule has 1 aromatic rings. The maximum absolute atomic E-state index is 12.7. The van der Waals surface area contributed by atoms with Crippen LogP contribution in [0.1, 0.15) is 23.3 Å². The Hall–Kier alpha value is -2.30. The first kappa shape index (κ1) is 23.4. The highest BCUT2D eigenvalue weighted by atomic mass is 16.5. The van der Waals surface area contributed by atoms with Crippen LogP contribution in [-0.2, 0) is 14.3 Å². The molecule has 0 bridgehead atoms. The molecule has 1 amide bonds. The smallest absolute Gasteiger partial charge is 0.290 e. The number of likely N-dealkylation sites (N-methyl/N-ethyl adjacent to an activating group) is 1. The Bertz CT molecular complexity index is 743. The van der Waals surface area contributed by atoms with Crippen LogP contribution in [0.2, 0.25) is 0 Å². The molecule has 1 aliphatic carbocycles. The Labute approximate surface area is 183 Å². The summed E-state index contributed by atoms with van der Waals surface area (Å²) in [4.78, 5) is 36.5. The zero-order chi connectivity index (χ0) is 22.4. The lowest BCUT2D eigenvalue weighted by atomic mass is 9.77. The van der Waals surface area contributed by atoms with E-state index in [1.807, 2.05) is 7.11 Å². The van der Waals surface area contributed by atoms with Gasteiger partial charge in [0.2, 0.25) is 0 Å². The van der Waals surface area contributed by atoms with Crippen molar-refractivity contribution in [3.8, 4) is 0 Å². The maximum atomic E-state index is 12.7. The average Bonchev–Trinajstić information content (AvgIpc) is 3.22. The molecule has 1 N–H and O–H groups in total. The van der Waals surface area contributed by atoms with E-state index in [9.17, 15) is 4.79 Å². The Kier molecular flexibility index (Phi) is 8.16. The molecule has 31 heavy (non-hydrogen) atoms. The van der Waals surface area contributed by atoms with Crippen molar-refractivity contribution in [1.82, 2.24) is 19.8 Å². The molecule has 1 aromatic heterocycles. The summed E-state index contributed by atoms with van der Waals surface area (Å²) in [6.45, 7) is 4.07. The summed E-state index contributed by atoms with van der Waals surface area (Å²) in [5.74, 6) is 1.98. The lowest BCUT2D eigenvalue weighted by molar-refractivity contribution is -0.122. The average molecular weight is 436 g/mol. The number of methoxy groups -OCH3 is 1. The normalized spacial score (nSPS) is 28.0. The molecule has 0 aromatic carbocycles. The fourth-order valence-corrected chi connectivity index (χ4v) is 4.91. The molecule has 1 saturated carbocycles. The van der Waals surface area contributed by atoms with Crippen molar-refractivity contribution in [1.29, 1.82) is 0 Å². The van der Waals surface area contributed by atoms with Gasteiger partial charge >= 0.3 is 0 Å². The molecule has 2 aliphatic heterocycles. The minimum absolute atomic E-state index is 0.0543. The molecule has 4 atom stereocenters. The molecule has 2 saturated heterocycles. The van der Waals surface area contributed by atoms with Crippen LogP contribution in [0.25, 0.3) is 0 Å². The van der Waals surface area contributed by atoms with Gasteiger partial charge in [0.05, 0.1) is 31.7 Å². The first-order valence-electron chi connectivity index (χ1n) is 10.7. The molecule has 10 heteroatoms. The molecule has 3 aliphatic rings. The SMILES string of the molecule is CO[C@@H]1C[C@H]2CN(c3cncc(C(=O)N4CCOCC4)n3)C[C@H]2C[C@H]1N(C)C.O=CO. The monoisotopic (exact) mass is 435 g/mol. The molecule has 0 spiro atoms. The van der Waals surface area contributed by atoms with Gasteiger partial charge in [-0.3, -0.25) is 14.6 Å². The van der Waals surface area contributed by atoms with Crippen LogP contribution in [0.15, 0.2) is 12.4 Å². The van der Waals surface area contributed by atoms with Gasteiger partial charge in [0.15, 0.2) is 0 Å². The van der Waals surface area contributed by atoms with Crippen LogP contribution in [0, 0.1) is 11.8 Å². The summed E-state index contributed by atoms with van der Waals surface area (Å²) in [7, 11) is 6.09. The number of rotatable bonds is 4. The Morgan fingerprint density at radius 2 is 1.87 bits per heavy atom. The van der Waals surface area contributed by atoms with Gasteiger partial charge in [0.1, 0.15) is 11.5 Å². The highest BCUT2D eigenvalue weighted by molar-refractivity contribution is 5.92. The fourth-order valence-electron chi connectivity index (χ4n) is 4.91. The van der Waals surface area contributed by atoms with Crippen molar-refractivity contribution < 1.29 is 24.2 Å². The van der Waals surface area contributed by atoms with Crippen LogP contribution < -0.4 is 4.90 Å². The quantitative estimate of drug-likeness (QED) is 0.674. The minimum Gasteiger partial charge on any atom is -0.483 e. The summed E-state index contributed by atoms with van der Waals surface area (Å²) >= 11 is 0. The van der Waals surface area contributed by atoms with Crippen LogP contribution in [0.5, 0.6) is 0 Å². The number of carboxylic acid groups (broad SMARTS) is 1. The molecular weight excluding hydrogens is 402 g/mol. The number of carbonyl (C=O) groups excluding carboxylic acids is 1. The summed E-state index contributed by atoms with van der Waals surface area (Å²) in [6, 6.07) is 0.450. The first-order chi connectivity index (χ1) is 15.0. The summed E-state index contributed by atoms with van der Waals surface area (Å²) in [6.07, 6.45) is 5.84. The zero-order valence-electron chi connectivity index (χ0n) is 18.5. The molecule has 10 nitrogen and oxygen atoms in total. The Morgan fingerprint density at radius 3 is 2.48 bits per heavy atom. The van der Waals surface area contributed by atoms with Gasteiger partial charge in [-0.2, -0.15) is 0 Å². The number of morpholine rings is 1. The number of aromatic nitrogens is 2. The van der Waals surface area contributed by atoms with Crippen LogP contribution in [0.4, 0.5) is 5.82 Å². The predicted molar refractivity (Wildman–Crippen MR) is 114 cm³/mol. The van der Waals surface area contributed by atoms with Gasteiger partial charge < -0.3 is 29.3 Å². The lowest BCUT2D eigenvalue weighted by Gasteiger charge is -2.40. The topological polar surface area (TPSA) is 108 Å². The van der Waals surface area contributed by atoms with E-state index in [2.05, 4.69) is 33.9 Å². The second kappa shape index (κ2) is 10.8. The molecular formula is C21H33N5O5. The zero-order valence-corrected chi connectivity index (χ0v) is 18.5. The number of amides is 1. The number of anilines is 1. The van der Waals surface area contributed by atoms with E-state index in [4.69, 9.17) is 19.4 Å². The summed E-state index contributed by atoms with van der Waals surface area (Å²) < 4.78 is 11.1. The molecule has 4 rings (SSSR count). The van der Waals surface area contributed by atoms with Crippen molar-refractivity contribution in [2.75, 3.05) is 65.5 Å². The minimum atomic E-state index is -0.250. The van der Waals surface area contributed by atoms with E-state index in [0.717, 1.165) is 31.7 Å². The second-order valence-electron chi connectivity index (χ2n) is 8.47. The molecule has 3 heterocycles. The molecule has 3 fully saturated rings. The van der Waals surface area contributed by atoms with Gasteiger partial charge in [0.25, 0.3) is 12.4 Å². The van der Waals surface area contributed by atoms with E-state index in [1.165, 1.54) is 0 Å². The number of hydrogen-bond donors (Lipinski definition) is 1. The van der Waals surface area contributed by atoms with Crippen molar-refractivity contribution in [2.45, 2.75) is 25.0 Å². The van der Waals surface area contributed by atoms with E-state index in [-0.39, 0.29) is 18.5 Å². The third-order valence-corrected chi connectivity index (χ3v) is 6.51. The van der Waals surface area contributed by atoms with Crippen molar-refractivity contribution in [3.05, 3.63) is 18.1 Å². The van der Waals surface area contributed by atoms with Crippen LogP contribution in [-0.4, -0.2) is 110 Å². The highest BCUT2D eigenvalue weighted by Gasteiger charge is 2.43. The van der Waals surface area contributed by atoms with Gasteiger partial charge in [0, 0.05) is 39.3 Å². The second-order valence-corrected chi connectivity index (χ2v) is 8.47. The number of nitrogens with zero attached hydrogens (tertiary/aromatic N) is 5. The highest BCUT2D eigenvalue weighted by Crippen LogP contribution is 2.39. The Morgan fingerprint density at radius 1 is 1.23 bits per heavy atom. The summed E-state index contributed by atoms with van der Waals surface area (Å²) in [5, 5.41) is 6.89. The van der Waals surface area contributed by atoms with E-state index in [0.29, 0.717) is 49.9 Å². The van der Waals surface area contributed by atoms with Gasteiger partial charge in [-0.25, -0.2) is 4.98 Å². The number of fused-ring (bicyclic) bond motifs is 1. The third-order valence-electron chi connectivity index (χ3n) is 6.51. The largest absolute Gasteiger partial charge is 0.483 e. The summed E-state index contributed by atoms with van der Waals surface area (Å²) in [5.41, 5.74) is 0.426. The lowest BCUT2D eigenvalue weighted by Crippen LogP contribution is -2.47. The van der Waals surface area contributed by atoms with Crippen molar-refractivity contribution in [3.63, 3.8) is 0 Å². The van der Waals surface area contributed by atoms with Crippen LogP contribution >= 0.6 is 0 Å². The number of carbonyl (C=O) groups is 2. The third kappa shape index (κ3) is 5.50. The Balaban J connectivity index is 0.000000858. The molecule has 0 unspecified atom stereocenters. The van der Waals surface area contributed by atoms with E-state index >= 15 is 0 Å². The first-order valence-corrected chi connectivity index (χ1v) is 10.7. The number of hydrogen-bond acceptors (Lipinski definition) is 8. The molecule has 172 valence electrons.